The zero-order chi connectivity index (χ0) is 24.0. The van der Waals surface area contributed by atoms with Gasteiger partial charge in [0.15, 0.2) is 34.7 Å². The Hall–Kier alpha value is -3.75. The van der Waals surface area contributed by atoms with E-state index in [1.807, 2.05) is 0 Å². The van der Waals surface area contributed by atoms with Crippen molar-refractivity contribution in [2.75, 3.05) is 19.8 Å². The lowest BCUT2D eigenvalue weighted by Gasteiger charge is -2.32. The van der Waals surface area contributed by atoms with Crippen LogP contribution in [0.25, 0.3) is 0 Å². The van der Waals surface area contributed by atoms with Crippen LogP contribution in [0.4, 0.5) is 13.2 Å². The second kappa shape index (κ2) is 10.2. The Morgan fingerprint density at radius 3 is 1.15 bits per heavy atom. The van der Waals surface area contributed by atoms with Gasteiger partial charge in [0.25, 0.3) is 0 Å². The highest BCUT2D eigenvalue weighted by Crippen LogP contribution is 2.31. The van der Waals surface area contributed by atoms with Gasteiger partial charge in [0.05, 0.1) is 5.41 Å². The molecule has 0 heterocycles. The highest BCUT2D eigenvalue weighted by molar-refractivity contribution is 5.34. The van der Waals surface area contributed by atoms with Gasteiger partial charge < -0.3 is 29.5 Å². The van der Waals surface area contributed by atoms with E-state index in [1.165, 1.54) is 36.4 Å². The van der Waals surface area contributed by atoms with Crippen molar-refractivity contribution < 1.29 is 42.7 Å². The fraction of sp³-hybridized carbons (Fsp3) is 0.250. The minimum atomic E-state index is -0.987. The van der Waals surface area contributed by atoms with Crippen molar-refractivity contribution in [1.82, 2.24) is 0 Å². The summed E-state index contributed by atoms with van der Waals surface area (Å²) in [6.07, 6.45) is 0.353. The number of aromatic hydroxyl groups is 3. The second-order valence-electron chi connectivity index (χ2n) is 7.56. The summed E-state index contributed by atoms with van der Waals surface area (Å²) in [7, 11) is 0. The predicted molar refractivity (Wildman–Crippen MR) is 113 cm³/mol. The maximum Gasteiger partial charge on any atom is 0.168 e. The van der Waals surface area contributed by atoms with E-state index in [0.717, 1.165) is 18.2 Å². The molecule has 3 N–H and O–H groups in total. The average Bonchev–Trinajstić information content (AvgIpc) is 2.76. The minimum absolute atomic E-state index is 0.128. The second-order valence-corrected chi connectivity index (χ2v) is 7.56. The van der Waals surface area contributed by atoms with E-state index >= 15 is 0 Å². The number of benzene rings is 3. The lowest BCUT2D eigenvalue weighted by Crippen LogP contribution is -2.40. The van der Waals surface area contributed by atoms with E-state index in [0.29, 0.717) is 6.42 Å². The summed E-state index contributed by atoms with van der Waals surface area (Å²) in [6, 6.07) is 10.2. The van der Waals surface area contributed by atoms with Gasteiger partial charge in [0, 0.05) is 18.2 Å². The molecule has 0 aliphatic carbocycles. The van der Waals surface area contributed by atoms with Crippen LogP contribution in [-0.2, 0) is 0 Å². The fourth-order valence-corrected chi connectivity index (χ4v) is 2.94. The van der Waals surface area contributed by atoms with Gasteiger partial charge in [0.2, 0.25) is 0 Å². The molecule has 176 valence electrons. The molecule has 0 radical (unpaired) electrons. The number of hydrogen-bond acceptors (Lipinski definition) is 6. The van der Waals surface area contributed by atoms with Crippen LogP contribution >= 0.6 is 0 Å². The molecule has 0 saturated heterocycles. The Labute approximate surface area is 188 Å². The Kier molecular flexibility index (Phi) is 7.42. The van der Waals surface area contributed by atoms with Crippen molar-refractivity contribution in [3.05, 3.63) is 72.0 Å². The Balaban J connectivity index is 1.81. The first-order valence-electron chi connectivity index (χ1n) is 10.1. The van der Waals surface area contributed by atoms with Gasteiger partial charge in [-0.2, -0.15) is 0 Å². The molecule has 0 aliphatic rings. The number of ether oxygens (including phenoxy) is 3. The molecule has 0 bridgehead atoms. The third-order valence-electron chi connectivity index (χ3n) is 5.10. The molecule has 0 saturated carbocycles. The van der Waals surface area contributed by atoms with E-state index in [9.17, 15) is 28.5 Å². The van der Waals surface area contributed by atoms with Gasteiger partial charge in [-0.3, -0.25) is 0 Å². The molecular formula is C24H23F3O6. The van der Waals surface area contributed by atoms with Gasteiger partial charge in [-0.25, -0.2) is 13.2 Å². The van der Waals surface area contributed by atoms with Crippen LogP contribution in [0, 0.1) is 22.9 Å². The lowest BCUT2D eigenvalue weighted by molar-refractivity contribution is 0.0256. The Bertz CT molecular complexity index is 971. The van der Waals surface area contributed by atoms with Crippen LogP contribution in [0.5, 0.6) is 34.5 Å². The van der Waals surface area contributed by atoms with Gasteiger partial charge in [-0.05, 0) is 42.8 Å². The molecule has 0 aromatic heterocycles. The summed E-state index contributed by atoms with van der Waals surface area (Å²) >= 11 is 0. The standard InChI is InChI=1S/C24H23F3O6/c1-2-24(12-31-21-6-3-15(28)9-18(21)25,13-32-22-7-4-16(29)10-19(22)26)14-33-23-8-5-17(30)11-20(23)27/h3-11,28-30H,2,12-14H2,1H3. The van der Waals surface area contributed by atoms with E-state index in [1.54, 1.807) is 6.92 Å². The molecule has 0 fully saturated rings. The first-order chi connectivity index (χ1) is 15.7. The van der Waals surface area contributed by atoms with Crippen LogP contribution in [0.15, 0.2) is 54.6 Å². The molecule has 0 amide bonds. The fourth-order valence-electron chi connectivity index (χ4n) is 2.94. The number of phenolic OH excluding ortho intramolecular Hbond substituents is 3. The van der Waals surface area contributed by atoms with Crippen LogP contribution in [0.1, 0.15) is 13.3 Å². The Morgan fingerprint density at radius 1 is 0.606 bits per heavy atom. The number of hydrogen-bond donors (Lipinski definition) is 3. The first kappa shape index (κ1) is 23.9. The van der Waals surface area contributed by atoms with Crippen LogP contribution in [0.3, 0.4) is 0 Å². The summed E-state index contributed by atoms with van der Waals surface area (Å²) in [5.41, 5.74) is -0.987. The predicted octanol–water partition coefficient (Wildman–Crippen LogP) is 5.15. The molecule has 9 heteroatoms. The number of rotatable bonds is 10. The SMILES string of the molecule is CCC(COc1ccc(O)cc1F)(COc1ccc(O)cc1F)COc1ccc(O)cc1F. The molecule has 3 aromatic carbocycles. The van der Waals surface area contributed by atoms with Crippen molar-refractivity contribution in [1.29, 1.82) is 0 Å². The van der Waals surface area contributed by atoms with Crippen LogP contribution < -0.4 is 14.2 Å². The Morgan fingerprint density at radius 2 is 0.909 bits per heavy atom. The topological polar surface area (TPSA) is 88.4 Å². The average molecular weight is 464 g/mol. The van der Waals surface area contributed by atoms with Crippen molar-refractivity contribution in [2.24, 2.45) is 5.41 Å². The van der Waals surface area contributed by atoms with Gasteiger partial charge in [0.1, 0.15) is 37.1 Å². The smallest absolute Gasteiger partial charge is 0.168 e. The number of halogens is 3. The van der Waals surface area contributed by atoms with Crippen LogP contribution in [-0.4, -0.2) is 35.1 Å². The summed E-state index contributed by atoms with van der Waals surface area (Å²) in [4.78, 5) is 0. The molecule has 0 atom stereocenters. The van der Waals surface area contributed by atoms with Crippen molar-refractivity contribution in [3.63, 3.8) is 0 Å². The molecular weight excluding hydrogens is 441 g/mol. The van der Waals surface area contributed by atoms with Gasteiger partial charge in [-0.1, -0.05) is 6.92 Å². The normalized spacial score (nSPS) is 11.3. The minimum Gasteiger partial charge on any atom is -0.508 e. The van der Waals surface area contributed by atoms with Gasteiger partial charge >= 0.3 is 0 Å². The third kappa shape index (κ3) is 6.15. The maximum atomic E-state index is 14.1. The maximum absolute atomic E-state index is 14.1. The monoisotopic (exact) mass is 464 g/mol. The van der Waals surface area contributed by atoms with Crippen molar-refractivity contribution in [2.45, 2.75) is 13.3 Å². The molecule has 33 heavy (non-hydrogen) atoms. The highest BCUT2D eigenvalue weighted by atomic mass is 19.1. The van der Waals surface area contributed by atoms with Crippen molar-refractivity contribution >= 4 is 0 Å². The zero-order valence-electron chi connectivity index (χ0n) is 17.7. The molecule has 3 rings (SSSR count). The lowest BCUT2D eigenvalue weighted by atomic mass is 9.88. The van der Waals surface area contributed by atoms with E-state index in [4.69, 9.17) is 14.2 Å². The number of phenols is 3. The summed E-state index contributed by atoms with van der Waals surface area (Å²) in [5, 5.41) is 28.1. The summed E-state index contributed by atoms with van der Waals surface area (Å²) < 4.78 is 59.2. The molecule has 3 aromatic rings. The summed E-state index contributed by atoms with van der Waals surface area (Å²) in [6.45, 7) is 1.34. The quantitative estimate of drug-likeness (QED) is 0.385. The molecule has 0 aliphatic heterocycles. The largest absolute Gasteiger partial charge is 0.508 e. The van der Waals surface area contributed by atoms with Crippen molar-refractivity contribution in [3.8, 4) is 34.5 Å². The molecule has 6 nitrogen and oxygen atoms in total. The highest BCUT2D eigenvalue weighted by Gasteiger charge is 2.33. The molecule has 0 unspecified atom stereocenters. The van der Waals surface area contributed by atoms with Gasteiger partial charge in [-0.15, -0.1) is 0 Å². The van der Waals surface area contributed by atoms with Crippen LogP contribution in [0.2, 0.25) is 0 Å². The van der Waals surface area contributed by atoms with E-state index < -0.39 is 22.9 Å². The van der Waals surface area contributed by atoms with E-state index in [-0.39, 0.29) is 54.3 Å². The first-order valence-corrected chi connectivity index (χ1v) is 10.1. The zero-order valence-corrected chi connectivity index (χ0v) is 17.7. The third-order valence-corrected chi connectivity index (χ3v) is 5.10. The summed E-state index contributed by atoms with van der Waals surface area (Å²) in [5.74, 6) is -3.52. The van der Waals surface area contributed by atoms with E-state index in [2.05, 4.69) is 0 Å². The molecule has 0 spiro atoms.